The third-order valence-electron chi connectivity index (χ3n) is 14.1. The van der Waals surface area contributed by atoms with E-state index in [4.69, 9.17) is 57.3 Å². The summed E-state index contributed by atoms with van der Waals surface area (Å²) in [5, 5.41) is 49.3. The molecule has 6 heterocycles. The van der Waals surface area contributed by atoms with Crippen LogP contribution in [0.2, 0.25) is 0 Å². The SMILES string of the molecule is C.C=C[C@H](C)[C@@H]1O[C@@H]2C[C@@H]([C@@H](C)CC)O[C@@H]2C[C@@H]1O.C=C[C@H](C)[C@@H]1O[C@@H]2C[C@@H]([C@@H](O)CC)O[C@@H]2C[C@@H]1O.CC[C@H](C)[C@@H]1C[C@H]2O[C@@H]([C@@H](C)CCO)[C@@H](O)C[C@H]2O1.S=S=S=S=S=S=S=S=S=S=S=S=S=S=S=S=S=S=S=S=S.[2H]CC. The Morgan fingerprint density at radius 2 is 0.759 bits per heavy atom. The van der Waals surface area contributed by atoms with E-state index in [0.717, 1.165) is 25.7 Å². The summed E-state index contributed by atoms with van der Waals surface area (Å²) in [6, 6.07) is 0. The minimum absolute atomic E-state index is 0. The van der Waals surface area contributed by atoms with Gasteiger partial charge in [0.25, 0.3) is 0 Å². The lowest BCUT2D eigenvalue weighted by Crippen LogP contribution is -2.48. The maximum atomic E-state index is 10.2. The topological polar surface area (TPSA) is 157 Å². The predicted molar refractivity (Wildman–Crippen MR) is 385 cm³/mol. The van der Waals surface area contributed by atoms with Crippen molar-refractivity contribution in [2.75, 3.05) is 6.61 Å². The fraction of sp³-hybridized carbons (Fsp3) is 0.915. The molecule has 0 aliphatic carbocycles. The van der Waals surface area contributed by atoms with Gasteiger partial charge in [0, 0.05) is 249 Å². The van der Waals surface area contributed by atoms with E-state index in [9.17, 15) is 20.4 Å². The lowest BCUT2D eigenvalue weighted by atomic mass is 9.88. The van der Waals surface area contributed by atoms with Crippen LogP contribution in [0.3, 0.4) is 0 Å². The number of ether oxygens (including phenoxy) is 6. The second kappa shape index (κ2) is 48.5. The van der Waals surface area contributed by atoms with E-state index in [2.05, 4.69) is 40.9 Å². The van der Waals surface area contributed by atoms with Gasteiger partial charge in [0.2, 0.25) is 0 Å². The van der Waals surface area contributed by atoms with Crippen LogP contribution < -0.4 is 0 Å². The minimum atomic E-state index is -0.517. The van der Waals surface area contributed by atoms with E-state index >= 15 is 0 Å². The van der Waals surface area contributed by atoms with Gasteiger partial charge < -0.3 is 54.0 Å². The summed E-state index contributed by atoms with van der Waals surface area (Å²) < 4.78 is 42.2. The molecule has 6 aliphatic heterocycles. The van der Waals surface area contributed by atoms with Gasteiger partial charge in [-0.05, 0) is 30.6 Å². The van der Waals surface area contributed by atoms with Crippen LogP contribution in [0, 0.1) is 29.6 Å². The molecule has 79 heavy (non-hydrogen) atoms. The summed E-state index contributed by atoms with van der Waals surface area (Å²) in [5.74, 6) is 1.59. The second-order valence-electron chi connectivity index (χ2n) is 18.9. The summed E-state index contributed by atoms with van der Waals surface area (Å²) in [5.41, 5.74) is 0. The molecule has 0 amide bonds. The third-order valence-corrected chi connectivity index (χ3v) is 54.1. The van der Waals surface area contributed by atoms with Gasteiger partial charge in [-0.25, -0.2) is 0 Å². The van der Waals surface area contributed by atoms with Crippen molar-refractivity contribution in [3.8, 4) is 0 Å². The highest BCUT2D eigenvalue weighted by Gasteiger charge is 2.49. The zero-order valence-electron chi connectivity index (χ0n) is 46.4. The summed E-state index contributed by atoms with van der Waals surface area (Å²) in [6.45, 7) is 26.8. The Kier molecular flexibility index (Phi) is 48.4. The molecule has 11 nitrogen and oxygen atoms in total. The van der Waals surface area contributed by atoms with Crippen LogP contribution in [0.15, 0.2) is 25.3 Å². The predicted octanol–water partition coefficient (Wildman–Crippen LogP) is 7.12. The maximum Gasteiger partial charge on any atom is 0.0899 e. The molecule has 0 aromatic heterocycles. The number of hydrogen-bond donors (Lipinski definition) is 5. The quantitative estimate of drug-likeness (QED) is 0.119. The van der Waals surface area contributed by atoms with Gasteiger partial charge in [-0.2, -0.15) is 0 Å². The van der Waals surface area contributed by atoms with Crippen LogP contribution in [-0.2, 0) is 220 Å². The van der Waals surface area contributed by atoms with Crippen LogP contribution in [0.25, 0.3) is 0 Å². The molecule has 0 aromatic carbocycles. The highest BCUT2D eigenvalue weighted by molar-refractivity contribution is 8.78. The van der Waals surface area contributed by atoms with Crippen molar-refractivity contribution < 1.29 is 55.3 Å². The number of aliphatic hydroxyl groups excluding tert-OH is 5. The molecule has 6 saturated heterocycles. The van der Waals surface area contributed by atoms with E-state index in [0.29, 0.717) is 57.3 Å². The van der Waals surface area contributed by atoms with Gasteiger partial charge in [0.05, 0.1) is 97.7 Å². The van der Waals surface area contributed by atoms with Crippen molar-refractivity contribution in [1.29, 1.82) is 0 Å². The van der Waals surface area contributed by atoms with Crippen molar-refractivity contribution in [2.45, 2.75) is 239 Å². The number of hydrogen-bond acceptors (Lipinski definition) is 13. The van der Waals surface area contributed by atoms with Crippen LogP contribution in [0.4, 0.5) is 0 Å². The maximum absolute atomic E-state index is 10.2. The third kappa shape index (κ3) is 30.4. The highest BCUT2D eigenvalue weighted by atomic mass is 33.5. The molecular weight excluding hydrogens is 1410 g/mol. The average Bonchev–Trinajstić information content (AvgIpc) is 4.21. The first-order valence-corrected chi connectivity index (χ1v) is 52.4. The van der Waals surface area contributed by atoms with E-state index in [-0.39, 0.29) is 105 Å². The fourth-order valence-corrected chi connectivity index (χ4v) is 56.0. The van der Waals surface area contributed by atoms with E-state index < -0.39 is 24.4 Å². The molecule has 468 valence electrons. The van der Waals surface area contributed by atoms with Crippen molar-refractivity contribution >= 4 is 191 Å². The molecule has 0 spiro atoms. The molecule has 5 N–H and O–H groups in total. The molecule has 0 unspecified atom stereocenters. The molecule has 6 rings (SSSR count). The summed E-state index contributed by atoms with van der Waals surface area (Å²) >= 11 is 9.52. The monoisotopic (exact) mass is 1500 g/mol. The summed E-state index contributed by atoms with van der Waals surface area (Å²) in [4.78, 5) is 0. The average molecular weight is 1500 g/mol. The second-order valence-corrected chi connectivity index (χ2v) is 52.5. The minimum Gasteiger partial charge on any atom is -0.396 e. The van der Waals surface area contributed by atoms with E-state index in [1.165, 1.54) is 17.8 Å². The first-order chi connectivity index (χ1) is 38.0. The Morgan fingerprint density at radius 3 is 1.05 bits per heavy atom. The lowest BCUT2D eigenvalue weighted by molar-refractivity contribution is -0.171. The molecule has 6 fully saturated rings. The smallest absolute Gasteiger partial charge is 0.0899 e. The van der Waals surface area contributed by atoms with Crippen molar-refractivity contribution in [2.24, 2.45) is 29.6 Å². The van der Waals surface area contributed by atoms with Crippen LogP contribution >= 0.6 is 0 Å². The number of aliphatic hydroxyl groups is 5. The van der Waals surface area contributed by atoms with E-state index in [1.807, 2.05) is 39.8 Å². The Hall–Kier alpha value is 3.66. The van der Waals surface area contributed by atoms with Crippen molar-refractivity contribution in [3.05, 3.63) is 25.3 Å². The van der Waals surface area contributed by atoms with Crippen molar-refractivity contribution in [3.63, 3.8) is 0 Å². The first kappa shape index (κ1) is 78.8. The molecule has 21 atom stereocenters. The Labute approximate surface area is 539 Å². The largest absolute Gasteiger partial charge is 0.396 e. The van der Waals surface area contributed by atoms with E-state index in [1.54, 1.807) is 158 Å². The van der Waals surface area contributed by atoms with Gasteiger partial charge in [0.15, 0.2) is 0 Å². The van der Waals surface area contributed by atoms with Crippen LogP contribution in [-0.4, -0.2) is 130 Å². The van der Waals surface area contributed by atoms with Gasteiger partial charge in [-0.15, -0.1) is 13.2 Å². The molecule has 0 saturated carbocycles. The highest BCUT2D eigenvalue weighted by Crippen LogP contribution is 2.40. The zero-order valence-corrected chi connectivity index (χ0v) is 62.6. The molecule has 0 bridgehead atoms. The van der Waals surface area contributed by atoms with Gasteiger partial charge in [-0.1, -0.05) is 102 Å². The molecule has 32 heteroatoms. The van der Waals surface area contributed by atoms with Crippen molar-refractivity contribution in [1.82, 2.24) is 0 Å². The summed E-state index contributed by atoms with van der Waals surface area (Å²) in [7, 11) is 32.6. The normalized spacial score (nSPS) is 32.0. The Morgan fingerprint density at radius 1 is 0.481 bits per heavy atom. The van der Waals surface area contributed by atoms with Crippen LogP contribution in [0.1, 0.15) is 142 Å². The first-order valence-electron chi connectivity index (χ1n) is 26.4. The molecule has 0 aromatic rings. The molecule has 6 aliphatic rings. The number of fused-ring (bicyclic) bond motifs is 3. The zero-order chi connectivity index (χ0) is 58.7. The molecule has 0 radical (unpaired) electrons. The Bertz CT molecular complexity index is 2560. The standard InChI is InChI=1S/C15H28O4.C15H26O3.C14H24O4.C2H6.CH4.S21/c1-4-9(2)12-8-14-13(18-12)7-11(17)15(19-14)10(3)5-6-16;1-5-9(3)12-8-14-13(17-12)7-11(16)15(18-14)10(4)6-2;1-4-8(3)14-10(16)6-12-13(18-14)7-11(17-12)9(15)5-2;1-2;;1-3-5-7-9-11-13-15-17-19-21-20-18-16-14-12-10-8-6-4-2/h9-17H,4-8H2,1-3H3;6,9-16H,2,5,7-8H2,1,3-4H3;4,8-16H,1,5-7H2,2-3H3;1-2H3;1H4;/t2*9-,10-,11-,12-,13+,14+,15-;8-,9-,10-,11-,12+,13+,14-;;;/m000.../s1/i;;;1D;;. The van der Waals surface area contributed by atoms with Gasteiger partial charge in [-0.3, -0.25) is 0 Å². The lowest BCUT2D eigenvalue weighted by Gasteiger charge is -2.38. The van der Waals surface area contributed by atoms with Gasteiger partial charge in [0.1, 0.15) is 0 Å². The number of rotatable bonds is 13. The van der Waals surface area contributed by atoms with Gasteiger partial charge >= 0.3 is 0 Å². The Balaban J connectivity index is 0.000000522. The fourth-order valence-electron chi connectivity index (χ4n) is 9.35. The van der Waals surface area contributed by atoms with Crippen LogP contribution in [0.5, 0.6) is 0 Å². The molecular formula is C47H88O11S21. The summed E-state index contributed by atoms with van der Waals surface area (Å²) in [6.07, 6.45) is 10.2.